The highest BCUT2D eigenvalue weighted by Crippen LogP contribution is 1.49. The highest BCUT2D eigenvalue weighted by Gasteiger charge is 1.83. The molecule has 1 amide bonds. The van der Waals surface area contributed by atoms with Gasteiger partial charge in [-0.25, -0.2) is 0 Å². The van der Waals surface area contributed by atoms with Crippen molar-refractivity contribution in [2.75, 3.05) is 7.05 Å². The van der Waals surface area contributed by atoms with Gasteiger partial charge in [0.15, 0.2) is 0 Å². The molecule has 0 aromatic heterocycles. The number of nitrogens with two attached hydrogens (primary N) is 1. The van der Waals surface area contributed by atoms with E-state index in [0.717, 1.165) is 6.21 Å². The Bertz CT molecular complexity index is 88.2. The van der Waals surface area contributed by atoms with Gasteiger partial charge in [0.1, 0.15) is 6.21 Å². The number of rotatable bonds is 1. The number of nitrogens with one attached hydrogen (secondary N) is 1. The summed E-state index contributed by atoms with van der Waals surface area (Å²) in [5.74, 6) is 4.32. The molecule has 40 valence electrons. The van der Waals surface area contributed by atoms with Gasteiger partial charge in [0.25, 0.3) is 5.91 Å². The van der Waals surface area contributed by atoms with E-state index in [2.05, 4.69) is 16.3 Å². The molecule has 0 bridgehead atoms. The van der Waals surface area contributed by atoms with Crippen LogP contribution in [0.4, 0.5) is 0 Å². The smallest absolute Gasteiger partial charge is 0.263 e. The van der Waals surface area contributed by atoms with Crippen molar-refractivity contribution < 1.29 is 4.79 Å². The highest BCUT2D eigenvalue weighted by molar-refractivity contribution is 6.25. The number of hydrazone groups is 1. The van der Waals surface area contributed by atoms with Crippen LogP contribution in [0.2, 0.25) is 0 Å². The minimum Gasteiger partial charge on any atom is -0.354 e. The van der Waals surface area contributed by atoms with Crippen molar-refractivity contribution in [2.24, 2.45) is 10.9 Å². The van der Waals surface area contributed by atoms with Gasteiger partial charge in [-0.1, -0.05) is 0 Å². The number of hydrogen-bond donors (Lipinski definition) is 2. The van der Waals surface area contributed by atoms with Gasteiger partial charge in [0.2, 0.25) is 0 Å². The van der Waals surface area contributed by atoms with E-state index in [-0.39, 0.29) is 5.91 Å². The van der Waals surface area contributed by atoms with Gasteiger partial charge in [-0.15, -0.1) is 0 Å². The molecule has 3 N–H and O–H groups in total. The van der Waals surface area contributed by atoms with Crippen molar-refractivity contribution in [2.45, 2.75) is 0 Å². The van der Waals surface area contributed by atoms with E-state index >= 15 is 0 Å². The number of carbonyl (C=O) groups is 1. The second-order valence-corrected chi connectivity index (χ2v) is 0.892. The minimum absolute atomic E-state index is 0.289. The predicted octanol–water partition coefficient (Wildman–Crippen LogP) is -1.32. The van der Waals surface area contributed by atoms with Crippen LogP contribution < -0.4 is 11.2 Å². The van der Waals surface area contributed by atoms with Gasteiger partial charge < -0.3 is 11.2 Å². The summed E-state index contributed by atoms with van der Waals surface area (Å²) in [6, 6.07) is 0. The van der Waals surface area contributed by atoms with Crippen molar-refractivity contribution >= 4 is 12.1 Å². The van der Waals surface area contributed by atoms with Gasteiger partial charge >= 0.3 is 0 Å². The predicted molar refractivity (Wildman–Crippen MR) is 26.7 cm³/mol. The molecule has 0 saturated heterocycles. The van der Waals surface area contributed by atoms with Crippen LogP contribution in [0.25, 0.3) is 0 Å². The zero-order valence-electron chi connectivity index (χ0n) is 4.01. The van der Waals surface area contributed by atoms with Crippen molar-refractivity contribution in [3.8, 4) is 0 Å². The average Bonchev–Trinajstić information content (AvgIpc) is 1.68. The molecule has 0 rings (SSSR count). The van der Waals surface area contributed by atoms with Crippen LogP contribution >= 0.6 is 0 Å². The first-order chi connectivity index (χ1) is 3.31. The first kappa shape index (κ1) is 5.94. The van der Waals surface area contributed by atoms with E-state index in [1.165, 1.54) is 7.05 Å². The zero-order chi connectivity index (χ0) is 5.70. The van der Waals surface area contributed by atoms with Crippen LogP contribution in [-0.2, 0) is 4.79 Å². The van der Waals surface area contributed by atoms with E-state index in [1.54, 1.807) is 0 Å². The molecule has 0 atom stereocenters. The lowest BCUT2D eigenvalue weighted by molar-refractivity contribution is -0.113. The Hall–Kier alpha value is -1.06. The third-order valence-electron chi connectivity index (χ3n) is 0.438. The van der Waals surface area contributed by atoms with Crippen molar-refractivity contribution in [1.82, 2.24) is 5.32 Å². The summed E-state index contributed by atoms with van der Waals surface area (Å²) in [5, 5.41) is 5.27. The molecule has 0 unspecified atom stereocenters. The standard InChI is InChI=1S/C3H7N3O/c1-5-3(7)2-6-4/h2H,4H2,1H3,(H,5,7). The Morgan fingerprint density at radius 1 is 2.00 bits per heavy atom. The molecular weight excluding hydrogens is 94.1 g/mol. The lowest BCUT2D eigenvalue weighted by Crippen LogP contribution is -2.19. The fraction of sp³-hybridized carbons (Fsp3) is 0.333. The number of hydrogen-bond acceptors (Lipinski definition) is 3. The summed E-state index contributed by atoms with van der Waals surface area (Å²) in [4.78, 5) is 10.1. The largest absolute Gasteiger partial charge is 0.354 e. The van der Waals surface area contributed by atoms with Gasteiger partial charge in [-0.05, 0) is 0 Å². The Kier molecular flexibility index (Phi) is 2.67. The van der Waals surface area contributed by atoms with E-state index in [9.17, 15) is 4.79 Å². The highest BCUT2D eigenvalue weighted by atomic mass is 16.1. The van der Waals surface area contributed by atoms with Gasteiger partial charge in [0, 0.05) is 7.05 Å². The van der Waals surface area contributed by atoms with Crippen molar-refractivity contribution in [3.05, 3.63) is 0 Å². The summed E-state index contributed by atoms with van der Waals surface area (Å²) < 4.78 is 0. The van der Waals surface area contributed by atoms with Crippen LogP contribution in [0.5, 0.6) is 0 Å². The Labute approximate surface area is 41.4 Å². The fourth-order valence-corrected chi connectivity index (χ4v) is 0.132. The molecule has 0 aliphatic rings. The maximum absolute atomic E-state index is 10.1. The van der Waals surface area contributed by atoms with Crippen LogP contribution in [0, 0.1) is 0 Å². The lowest BCUT2D eigenvalue weighted by atomic mass is 10.7. The Balaban J connectivity index is 3.37. The molecule has 0 spiro atoms. The Morgan fingerprint density at radius 3 is 2.71 bits per heavy atom. The first-order valence-corrected chi connectivity index (χ1v) is 1.76. The van der Waals surface area contributed by atoms with Crippen LogP contribution in [0.15, 0.2) is 5.10 Å². The van der Waals surface area contributed by atoms with E-state index in [1.807, 2.05) is 0 Å². The minimum atomic E-state index is -0.289. The molecule has 0 aromatic rings. The Morgan fingerprint density at radius 2 is 2.57 bits per heavy atom. The van der Waals surface area contributed by atoms with Crippen LogP contribution in [0.1, 0.15) is 0 Å². The molecule has 0 fully saturated rings. The number of nitrogens with zero attached hydrogens (tertiary/aromatic N) is 1. The summed E-state index contributed by atoms with van der Waals surface area (Å²) >= 11 is 0. The lowest BCUT2D eigenvalue weighted by Gasteiger charge is -1.83. The van der Waals surface area contributed by atoms with Crippen LogP contribution in [-0.4, -0.2) is 19.2 Å². The molecule has 0 aliphatic heterocycles. The molecule has 4 heteroatoms. The summed E-state index contributed by atoms with van der Waals surface area (Å²) in [6.07, 6.45) is 1.00. The molecular formula is C3H7N3O. The maximum atomic E-state index is 10.1. The first-order valence-electron chi connectivity index (χ1n) is 1.76. The third-order valence-corrected chi connectivity index (χ3v) is 0.438. The van der Waals surface area contributed by atoms with E-state index in [0.29, 0.717) is 0 Å². The van der Waals surface area contributed by atoms with Gasteiger partial charge in [0.05, 0.1) is 0 Å². The summed E-state index contributed by atoms with van der Waals surface area (Å²) in [7, 11) is 1.50. The quantitative estimate of drug-likeness (QED) is 0.244. The maximum Gasteiger partial charge on any atom is 0.263 e. The SMILES string of the molecule is CNC(=O)C=NN. The van der Waals surface area contributed by atoms with E-state index in [4.69, 9.17) is 0 Å². The number of carbonyl (C=O) groups excluding carboxylic acids is 1. The second kappa shape index (κ2) is 3.14. The summed E-state index contributed by atoms with van der Waals surface area (Å²) in [6.45, 7) is 0. The normalized spacial score (nSPS) is 9.29. The third kappa shape index (κ3) is 2.75. The molecule has 0 heterocycles. The molecule has 0 saturated carbocycles. The van der Waals surface area contributed by atoms with Crippen molar-refractivity contribution in [1.29, 1.82) is 0 Å². The topological polar surface area (TPSA) is 67.5 Å². The monoisotopic (exact) mass is 101 g/mol. The van der Waals surface area contributed by atoms with Crippen LogP contribution in [0.3, 0.4) is 0 Å². The number of amides is 1. The fourth-order valence-electron chi connectivity index (χ4n) is 0.132. The van der Waals surface area contributed by atoms with Crippen molar-refractivity contribution in [3.63, 3.8) is 0 Å². The molecule has 4 nitrogen and oxygen atoms in total. The second-order valence-electron chi connectivity index (χ2n) is 0.892. The van der Waals surface area contributed by atoms with Gasteiger partial charge in [-0.3, -0.25) is 4.79 Å². The molecule has 0 radical (unpaired) electrons. The van der Waals surface area contributed by atoms with Gasteiger partial charge in [-0.2, -0.15) is 5.10 Å². The molecule has 7 heavy (non-hydrogen) atoms. The summed E-state index contributed by atoms with van der Waals surface area (Å²) in [5.41, 5.74) is 0. The average molecular weight is 101 g/mol. The molecule has 0 aromatic carbocycles. The zero-order valence-corrected chi connectivity index (χ0v) is 4.01. The molecule has 0 aliphatic carbocycles. The van der Waals surface area contributed by atoms with E-state index < -0.39 is 0 Å².